The van der Waals surface area contributed by atoms with Gasteiger partial charge in [0.1, 0.15) is 17.1 Å². The molecule has 0 bridgehead atoms. The van der Waals surface area contributed by atoms with Gasteiger partial charge in [0, 0.05) is 24.2 Å². The molecule has 0 aliphatic heterocycles. The Morgan fingerprint density at radius 2 is 1.90 bits per heavy atom. The van der Waals surface area contributed by atoms with E-state index in [0.29, 0.717) is 13.1 Å². The Morgan fingerprint density at radius 3 is 2.62 bits per heavy atom. The van der Waals surface area contributed by atoms with Crippen molar-refractivity contribution in [3.05, 3.63) is 53.0 Å². The van der Waals surface area contributed by atoms with Gasteiger partial charge < -0.3 is 9.84 Å². The lowest BCUT2D eigenvalue weighted by Crippen LogP contribution is -2.14. The average Bonchev–Trinajstić information content (AvgIpc) is 3.09. The molecule has 0 saturated carbocycles. The van der Waals surface area contributed by atoms with Gasteiger partial charge in [-0.25, -0.2) is 0 Å². The summed E-state index contributed by atoms with van der Waals surface area (Å²) >= 11 is 0. The van der Waals surface area contributed by atoms with Crippen LogP contribution in [0.1, 0.15) is 22.7 Å². The van der Waals surface area contributed by atoms with Crippen LogP contribution in [0.2, 0.25) is 0 Å². The lowest BCUT2D eigenvalue weighted by Gasteiger charge is -2.04. The molecule has 3 rings (SSSR count). The lowest BCUT2D eigenvalue weighted by molar-refractivity contribution is 0.392. The maximum atomic E-state index is 5.15. The van der Waals surface area contributed by atoms with E-state index in [1.807, 2.05) is 44.2 Å². The third-order valence-electron chi connectivity index (χ3n) is 3.44. The summed E-state index contributed by atoms with van der Waals surface area (Å²) in [7, 11) is 0. The van der Waals surface area contributed by atoms with Crippen molar-refractivity contribution in [2.24, 2.45) is 0 Å². The zero-order chi connectivity index (χ0) is 14.7. The molecule has 1 aromatic carbocycles. The Balaban J connectivity index is 1.68. The van der Waals surface area contributed by atoms with Gasteiger partial charge in [0.2, 0.25) is 0 Å². The predicted molar refractivity (Wildman–Crippen MR) is 78.3 cm³/mol. The monoisotopic (exact) mass is 283 g/mol. The van der Waals surface area contributed by atoms with Crippen LogP contribution in [0.15, 0.2) is 34.9 Å². The first kappa shape index (κ1) is 13.5. The Bertz CT molecular complexity index is 697. The van der Waals surface area contributed by atoms with Gasteiger partial charge in [0.05, 0.1) is 5.69 Å². The van der Waals surface area contributed by atoms with Crippen LogP contribution >= 0.6 is 0 Å². The Morgan fingerprint density at radius 1 is 1.10 bits per heavy atom. The van der Waals surface area contributed by atoms with Crippen molar-refractivity contribution in [2.75, 3.05) is 0 Å². The fourth-order valence-electron chi connectivity index (χ4n) is 2.26. The van der Waals surface area contributed by atoms with Crippen molar-refractivity contribution in [2.45, 2.75) is 26.9 Å². The maximum absolute atomic E-state index is 5.15. The lowest BCUT2D eigenvalue weighted by atomic mass is 10.1. The fourth-order valence-corrected chi connectivity index (χ4v) is 2.26. The van der Waals surface area contributed by atoms with E-state index in [-0.39, 0.29) is 0 Å². The molecule has 108 valence electrons. The van der Waals surface area contributed by atoms with E-state index < -0.39 is 0 Å². The molecule has 0 aliphatic rings. The highest BCUT2D eigenvalue weighted by Crippen LogP contribution is 2.19. The van der Waals surface area contributed by atoms with Crippen LogP contribution in [0.4, 0.5) is 0 Å². The number of nitrogens with one attached hydrogen (secondary N) is 2. The second kappa shape index (κ2) is 5.88. The summed E-state index contributed by atoms with van der Waals surface area (Å²) < 4.78 is 5.15. The zero-order valence-corrected chi connectivity index (χ0v) is 12.1. The second-order valence-electron chi connectivity index (χ2n) is 4.89. The normalized spacial score (nSPS) is 11.0. The first-order chi connectivity index (χ1) is 10.3. The van der Waals surface area contributed by atoms with Crippen LogP contribution in [-0.2, 0) is 13.1 Å². The maximum Gasteiger partial charge on any atom is 0.138 e. The van der Waals surface area contributed by atoms with E-state index in [4.69, 9.17) is 4.52 Å². The summed E-state index contributed by atoms with van der Waals surface area (Å²) in [4.78, 5) is 0. The van der Waals surface area contributed by atoms with E-state index >= 15 is 0 Å². The molecule has 0 atom stereocenters. The molecule has 0 radical (unpaired) electrons. The van der Waals surface area contributed by atoms with Crippen molar-refractivity contribution in [3.8, 4) is 11.3 Å². The van der Waals surface area contributed by atoms with Crippen LogP contribution in [0, 0.1) is 13.8 Å². The minimum absolute atomic E-state index is 0.630. The molecular formula is C15H17N5O. The van der Waals surface area contributed by atoms with Gasteiger partial charge in [0.15, 0.2) is 0 Å². The number of aromatic nitrogens is 4. The quantitative estimate of drug-likeness (QED) is 0.751. The molecule has 3 aromatic rings. The first-order valence-electron chi connectivity index (χ1n) is 6.83. The van der Waals surface area contributed by atoms with Gasteiger partial charge in [-0.15, -0.1) is 0 Å². The van der Waals surface area contributed by atoms with Gasteiger partial charge in [-0.1, -0.05) is 35.5 Å². The highest BCUT2D eigenvalue weighted by atomic mass is 16.5. The summed E-state index contributed by atoms with van der Waals surface area (Å²) in [5, 5.41) is 18.4. The SMILES string of the molecule is Cc1noc(C)c1CNCc1n[nH]nc1-c1ccccc1. The average molecular weight is 283 g/mol. The Hall–Kier alpha value is -2.47. The van der Waals surface area contributed by atoms with E-state index in [1.54, 1.807) is 0 Å². The standard InChI is InChI=1S/C15H17N5O/c1-10-13(11(2)21-19-10)8-16-9-14-15(18-20-17-14)12-6-4-3-5-7-12/h3-7,16H,8-9H2,1-2H3,(H,17,18,20). The fraction of sp³-hybridized carbons (Fsp3) is 0.267. The van der Waals surface area contributed by atoms with Gasteiger partial charge in [-0.3, -0.25) is 0 Å². The summed E-state index contributed by atoms with van der Waals surface area (Å²) in [6.45, 7) is 5.19. The van der Waals surface area contributed by atoms with Crippen LogP contribution in [0.25, 0.3) is 11.3 Å². The number of hydrogen-bond acceptors (Lipinski definition) is 5. The molecule has 2 heterocycles. The largest absolute Gasteiger partial charge is 0.361 e. The highest BCUT2D eigenvalue weighted by molar-refractivity contribution is 5.60. The summed E-state index contributed by atoms with van der Waals surface area (Å²) in [6, 6.07) is 10.0. The number of rotatable bonds is 5. The van der Waals surface area contributed by atoms with Crippen LogP contribution < -0.4 is 5.32 Å². The van der Waals surface area contributed by atoms with Crippen LogP contribution in [0.3, 0.4) is 0 Å². The molecule has 21 heavy (non-hydrogen) atoms. The zero-order valence-electron chi connectivity index (χ0n) is 12.1. The molecule has 0 spiro atoms. The molecule has 6 nitrogen and oxygen atoms in total. The summed E-state index contributed by atoms with van der Waals surface area (Å²) in [5.41, 5.74) is 4.85. The number of nitrogens with zero attached hydrogens (tertiary/aromatic N) is 3. The smallest absolute Gasteiger partial charge is 0.138 e. The molecule has 0 aliphatic carbocycles. The topological polar surface area (TPSA) is 79.6 Å². The van der Waals surface area contributed by atoms with Crippen molar-refractivity contribution < 1.29 is 4.52 Å². The highest BCUT2D eigenvalue weighted by Gasteiger charge is 2.11. The number of H-pyrrole nitrogens is 1. The van der Waals surface area contributed by atoms with Crippen molar-refractivity contribution in [1.82, 2.24) is 25.9 Å². The number of benzene rings is 1. The molecule has 0 amide bonds. The Labute approximate surface area is 122 Å². The second-order valence-corrected chi connectivity index (χ2v) is 4.89. The Kier molecular flexibility index (Phi) is 3.79. The minimum Gasteiger partial charge on any atom is -0.361 e. The van der Waals surface area contributed by atoms with Gasteiger partial charge >= 0.3 is 0 Å². The third-order valence-corrected chi connectivity index (χ3v) is 3.44. The first-order valence-corrected chi connectivity index (χ1v) is 6.83. The van der Waals surface area contributed by atoms with Crippen LogP contribution in [0.5, 0.6) is 0 Å². The van der Waals surface area contributed by atoms with Gasteiger partial charge in [-0.05, 0) is 13.8 Å². The van der Waals surface area contributed by atoms with Gasteiger partial charge in [0.25, 0.3) is 0 Å². The number of hydrogen-bond donors (Lipinski definition) is 2. The number of aromatic amines is 1. The molecule has 2 aromatic heterocycles. The third kappa shape index (κ3) is 2.85. The predicted octanol–water partition coefficient (Wildman–Crippen LogP) is 2.37. The summed E-state index contributed by atoms with van der Waals surface area (Å²) in [6.07, 6.45) is 0. The molecule has 2 N–H and O–H groups in total. The van der Waals surface area contributed by atoms with E-state index in [9.17, 15) is 0 Å². The van der Waals surface area contributed by atoms with Crippen molar-refractivity contribution in [1.29, 1.82) is 0 Å². The van der Waals surface area contributed by atoms with E-state index in [0.717, 1.165) is 34.0 Å². The minimum atomic E-state index is 0.630. The van der Waals surface area contributed by atoms with Crippen molar-refractivity contribution in [3.63, 3.8) is 0 Å². The summed E-state index contributed by atoms with van der Waals surface area (Å²) in [5.74, 6) is 0.850. The van der Waals surface area contributed by atoms with Gasteiger partial charge in [-0.2, -0.15) is 15.4 Å². The molecule has 0 fully saturated rings. The van der Waals surface area contributed by atoms with Crippen molar-refractivity contribution >= 4 is 0 Å². The molecule has 0 saturated heterocycles. The number of aryl methyl sites for hydroxylation is 2. The molecule has 0 unspecified atom stereocenters. The van der Waals surface area contributed by atoms with Crippen LogP contribution in [-0.4, -0.2) is 20.6 Å². The molecular weight excluding hydrogens is 266 g/mol. The molecule has 6 heteroatoms. The van der Waals surface area contributed by atoms with E-state index in [1.165, 1.54) is 0 Å². The van der Waals surface area contributed by atoms with E-state index in [2.05, 4.69) is 25.9 Å².